The largest absolute Gasteiger partial charge is 0.496 e. The molecule has 0 aliphatic carbocycles. The van der Waals surface area contributed by atoms with Crippen LogP contribution in [-0.2, 0) is 6.61 Å². The molecule has 0 aliphatic heterocycles. The summed E-state index contributed by atoms with van der Waals surface area (Å²) < 4.78 is 10.8. The van der Waals surface area contributed by atoms with Gasteiger partial charge in [-0.15, -0.1) is 0 Å². The maximum atomic E-state index is 11.1. The highest BCUT2D eigenvalue weighted by Crippen LogP contribution is 2.22. The highest BCUT2D eigenvalue weighted by atomic mass is 16.5. The first-order valence-corrected chi connectivity index (χ1v) is 6.29. The maximum absolute atomic E-state index is 11.1. The monoisotopic (exact) mass is 285 g/mol. The fraction of sp³-hybridized carbons (Fsp3) is 0.125. The van der Waals surface area contributed by atoms with Crippen LogP contribution in [0.4, 0.5) is 0 Å². The van der Waals surface area contributed by atoms with Gasteiger partial charge in [-0.05, 0) is 36.4 Å². The van der Waals surface area contributed by atoms with E-state index in [1.807, 2.05) is 0 Å². The Labute approximate surface area is 122 Å². The summed E-state index contributed by atoms with van der Waals surface area (Å²) in [4.78, 5) is 21.9. The van der Waals surface area contributed by atoms with Crippen molar-refractivity contribution in [2.45, 2.75) is 6.61 Å². The second kappa shape index (κ2) is 6.56. The third-order valence-corrected chi connectivity index (χ3v) is 2.95. The second-order valence-corrected chi connectivity index (χ2v) is 4.37. The summed E-state index contributed by atoms with van der Waals surface area (Å²) in [6.45, 7) is 0.215. The second-order valence-electron chi connectivity index (χ2n) is 4.37. The normalized spacial score (nSPS) is 9.95. The van der Waals surface area contributed by atoms with E-state index in [-0.39, 0.29) is 6.61 Å². The Kier molecular flexibility index (Phi) is 4.56. The number of primary amides is 1. The van der Waals surface area contributed by atoms with Crippen molar-refractivity contribution in [1.82, 2.24) is 0 Å². The topological polar surface area (TPSA) is 78.6 Å². The molecule has 5 nitrogen and oxygen atoms in total. The van der Waals surface area contributed by atoms with Crippen LogP contribution < -0.4 is 15.2 Å². The number of rotatable bonds is 6. The van der Waals surface area contributed by atoms with Gasteiger partial charge in [0.2, 0.25) is 5.91 Å². The lowest BCUT2D eigenvalue weighted by Gasteiger charge is -2.11. The van der Waals surface area contributed by atoms with Crippen LogP contribution >= 0.6 is 0 Å². The van der Waals surface area contributed by atoms with E-state index in [0.29, 0.717) is 22.6 Å². The van der Waals surface area contributed by atoms with E-state index in [9.17, 15) is 9.59 Å². The van der Waals surface area contributed by atoms with Gasteiger partial charge in [0.25, 0.3) is 0 Å². The van der Waals surface area contributed by atoms with Crippen molar-refractivity contribution in [2.75, 3.05) is 7.11 Å². The van der Waals surface area contributed by atoms with Crippen LogP contribution in [0.5, 0.6) is 11.5 Å². The number of methoxy groups -OCH3 is 1. The van der Waals surface area contributed by atoms with Gasteiger partial charge in [0.1, 0.15) is 24.4 Å². The lowest BCUT2D eigenvalue weighted by Crippen LogP contribution is -2.10. The van der Waals surface area contributed by atoms with E-state index in [0.717, 1.165) is 11.8 Å². The van der Waals surface area contributed by atoms with Crippen molar-refractivity contribution >= 4 is 12.2 Å². The zero-order chi connectivity index (χ0) is 15.2. The lowest BCUT2D eigenvalue weighted by atomic mass is 10.1. The first kappa shape index (κ1) is 14.6. The maximum Gasteiger partial charge on any atom is 0.248 e. The summed E-state index contributed by atoms with van der Waals surface area (Å²) in [7, 11) is 1.55. The Bertz CT molecular complexity index is 667. The van der Waals surface area contributed by atoms with Gasteiger partial charge in [-0.3, -0.25) is 9.59 Å². The van der Waals surface area contributed by atoms with Crippen molar-refractivity contribution in [3.8, 4) is 11.5 Å². The van der Waals surface area contributed by atoms with Crippen molar-refractivity contribution in [1.29, 1.82) is 0 Å². The van der Waals surface area contributed by atoms with Gasteiger partial charge in [0.15, 0.2) is 0 Å². The highest BCUT2D eigenvalue weighted by Gasteiger charge is 2.07. The zero-order valence-corrected chi connectivity index (χ0v) is 11.5. The van der Waals surface area contributed by atoms with Gasteiger partial charge >= 0.3 is 0 Å². The molecule has 0 heterocycles. The summed E-state index contributed by atoms with van der Waals surface area (Å²) in [6, 6.07) is 11.7. The van der Waals surface area contributed by atoms with E-state index >= 15 is 0 Å². The van der Waals surface area contributed by atoms with Gasteiger partial charge in [-0.2, -0.15) is 0 Å². The average Bonchev–Trinajstić information content (AvgIpc) is 2.52. The predicted octanol–water partition coefficient (Wildman–Crippen LogP) is 2.19. The molecule has 2 rings (SSSR count). The Morgan fingerprint density at radius 2 is 2.05 bits per heavy atom. The fourth-order valence-electron chi connectivity index (χ4n) is 1.88. The first-order chi connectivity index (χ1) is 10.1. The molecule has 2 aromatic carbocycles. The van der Waals surface area contributed by atoms with Crippen LogP contribution in [-0.4, -0.2) is 19.3 Å². The summed E-state index contributed by atoms with van der Waals surface area (Å²) in [5, 5.41) is 0. The van der Waals surface area contributed by atoms with Gasteiger partial charge < -0.3 is 15.2 Å². The molecule has 1 amide bonds. The number of hydrogen-bond acceptors (Lipinski definition) is 4. The lowest BCUT2D eigenvalue weighted by molar-refractivity contribution is 0.0999. The number of aldehydes is 1. The molecule has 21 heavy (non-hydrogen) atoms. The van der Waals surface area contributed by atoms with E-state index < -0.39 is 5.91 Å². The first-order valence-electron chi connectivity index (χ1n) is 6.29. The van der Waals surface area contributed by atoms with E-state index in [1.54, 1.807) is 49.6 Å². The quantitative estimate of drug-likeness (QED) is 0.825. The third kappa shape index (κ3) is 3.60. The number of nitrogens with two attached hydrogens (primary N) is 1. The Hall–Kier alpha value is -2.82. The van der Waals surface area contributed by atoms with Gasteiger partial charge in [-0.1, -0.05) is 6.07 Å². The molecule has 108 valence electrons. The van der Waals surface area contributed by atoms with Crippen molar-refractivity contribution in [3.63, 3.8) is 0 Å². The fourth-order valence-corrected chi connectivity index (χ4v) is 1.88. The number of carbonyl (C=O) groups is 2. The van der Waals surface area contributed by atoms with Crippen molar-refractivity contribution in [3.05, 3.63) is 59.2 Å². The van der Waals surface area contributed by atoms with Crippen LogP contribution in [0.3, 0.4) is 0 Å². The molecule has 5 heteroatoms. The van der Waals surface area contributed by atoms with Crippen LogP contribution in [0.2, 0.25) is 0 Å². The van der Waals surface area contributed by atoms with E-state index in [4.69, 9.17) is 15.2 Å². The smallest absolute Gasteiger partial charge is 0.248 e. The average molecular weight is 285 g/mol. The zero-order valence-electron chi connectivity index (χ0n) is 11.5. The summed E-state index contributed by atoms with van der Waals surface area (Å²) in [5.41, 5.74) is 6.88. The van der Waals surface area contributed by atoms with Crippen LogP contribution in [0, 0.1) is 0 Å². The third-order valence-electron chi connectivity index (χ3n) is 2.95. The number of hydrogen-bond donors (Lipinski definition) is 1. The summed E-state index contributed by atoms with van der Waals surface area (Å²) >= 11 is 0. The SMILES string of the molecule is COc1ccc(C=O)cc1COc1cccc(C(N)=O)c1. The molecular formula is C16H15NO4. The van der Waals surface area contributed by atoms with Gasteiger partial charge in [0, 0.05) is 16.7 Å². The van der Waals surface area contributed by atoms with Crippen LogP contribution in [0.1, 0.15) is 26.3 Å². The summed E-state index contributed by atoms with van der Waals surface area (Å²) in [5.74, 6) is 0.637. The van der Waals surface area contributed by atoms with E-state index in [1.165, 1.54) is 0 Å². The Balaban J connectivity index is 2.17. The minimum Gasteiger partial charge on any atom is -0.496 e. The number of ether oxygens (including phenoxy) is 2. The number of carbonyl (C=O) groups excluding carboxylic acids is 2. The number of amides is 1. The molecule has 2 N–H and O–H groups in total. The highest BCUT2D eigenvalue weighted by molar-refractivity contribution is 5.93. The summed E-state index contributed by atoms with van der Waals surface area (Å²) in [6.07, 6.45) is 0.761. The molecule has 0 atom stereocenters. The standard InChI is InChI=1S/C16H15NO4/c1-20-15-6-5-11(9-18)7-13(15)10-21-14-4-2-3-12(8-14)16(17)19/h2-9H,10H2,1H3,(H2,17,19). The predicted molar refractivity (Wildman–Crippen MR) is 77.7 cm³/mol. The molecule has 0 fully saturated rings. The Morgan fingerprint density at radius 1 is 1.24 bits per heavy atom. The van der Waals surface area contributed by atoms with Gasteiger partial charge in [0.05, 0.1) is 7.11 Å². The molecule has 0 aliphatic rings. The van der Waals surface area contributed by atoms with Gasteiger partial charge in [-0.25, -0.2) is 0 Å². The molecule has 0 saturated heterocycles. The molecule has 0 saturated carbocycles. The molecular weight excluding hydrogens is 270 g/mol. The molecule has 0 spiro atoms. The molecule has 0 unspecified atom stereocenters. The van der Waals surface area contributed by atoms with Crippen molar-refractivity contribution in [2.24, 2.45) is 5.73 Å². The number of benzene rings is 2. The van der Waals surface area contributed by atoms with Crippen molar-refractivity contribution < 1.29 is 19.1 Å². The molecule has 0 bridgehead atoms. The molecule has 2 aromatic rings. The molecule has 0 aromatic heterocycles. The Morgan fingerprint density at radius 3 is 2.71 bits per heavy atom. The minimum atomic E-state index is -0.513. The van der Waals surface area contributed by atoms with Crippen LogP contribution in [0.15, 0.2) is 42.5 Å². The molecule has 0 radical (unpaired) electrons. The van der Waals surface area contributed by atoms with E-state index in [2.05, 4.69) is 0 Å². The minimum absolute atomic E-state index is 0.215. The van der Waals surface area contributed by atoms with Crippen LogP contribution in [0.25, 0.3) is 0 Å².